The summed E-state index contributed by atoms with van der Waals surface area (Å²) in [5.41, 5.74) is 3.27. The molecule has 0 fully saturated rings. The van der Waals surface area contributed by atoms with Gasteiger partial charge in [-0.05, 0) is 67.2 Å². The molecule has 1 heterocycles. The van der Waals surface area contributed by atoms with Gasteiger partial charge in [-0.3, -0.25) is 4.79 Å². The van der Waals surface area contributed by atoms with Gasteiger partial charge in [0.25, 0.3) is 5.91 Å². The molecule has 0 aromatic heterocycles. The van der Waals surface area contributed by atoms with Crippen LogP contribution in [0.1, 0.15) is 41.5 Å². The van der Waals surface area contributed by atoms with Gasteiger partial charge < -0.3 is 24.6 Å². The lowest BCUT2D eigenvalue weighted by Gasteiger charge is -2.39. The van der Waals surface area contributed by atoms with Crippen molar-refractivity contribution in [1.29, 1.82) is 0 Å². The summed E-state index contributed by atoms with van der Waals surface area (Å²) in [5.74, 6) is 0.958. The summed E-state index contributed by atoms with van der Waals surface area (Å²) in [6, 6.07) is 19.4. The number of benzene rings is 3. The number of methoxy groups -OCH3 is 1. The summed E-state index contributed by atoms with van der Waals surface area (Å²) in [7, 11) is 1.62. The van der Waals surface area contributed by atoms with Gasteiger partial charge in [-0.1, -0.05) is 32.0 Å². The molecule has 0 aliphatic carbocycles. The van der Waals surface area contributed by atoms with Gasteiger partial charge in [-0.2, -0.15) is 0 Å². The second kappa shape index (κ2) is 11.2. The highest BCUT2D eigenvalue weighted by atomic mass is 19.1. The smallest absolute Gasteiger partial charge is 0.257 e. The molecule has 1 amide bonds. The summed E-state index contributed by atoms with van der Waals surface area (Å²) in [6.07, 6.45) is -0.330. The fraction of sp³-hybridized carbons (Fsp3) is 0.321. The van der Waals surface area contributed by atoms with Crippen molar-refractivity contribution in [1.82, 2.24) is 9.80 Å². The second-order valence-electron chi connectivity index (χ2n) is 8.43. The van der Waals surface area contributed by atoms with E-state index in [-0.39, 0.29) is 24.5 Å². The summed E-state index contributed by atoms with van der Waals surface area (Å²) < 4.78 is 24.7. The van der Waals surface area contributed by atoms with Crippen LogP contribution in [0.4, 0.5) is 10.1 Å². The Kier molecular flexibility index (Phi) is 7.87. The monoisotopic (exact) mass is 477 g/mol. The minimum atomic E-state index is -0.330. The van der Waals surface area contributed by atoms with Gasteiger partial charge in [0.1, 0.15) is 30.1 Å². The number of fused-ring (bicyclic) bond motifs is 1. The Balaban J connectivity index is 1.63. The third-order valence-corrected chi connectivity index (χ3v) is 6.40. The lowest BCUT2D eigenvalue weighted by Crippen LogP contribution is -2.46. The Bertz CT molecular complexity index is 1150. The molecule has 7 heteroatoms. The quantitative estimate of drug-likeness (QED) is 0.428. The molecule has 6 nitrogen and oxygen atoms in total. The van der Waals surface area contributed by atoms with E-state index in [0.29, 0.717) is 23.6 Å². The first-order valence-electron chi connectivity index (χ1n) is 12.0. The fourth-order valence-corrected chi connectivity index (χ4v) is 4.35. The van der Waals surface area contributed by atoms with Gasteiger partial charge in [0.2, 0.25) is 0 Å². The van der Waals surface area contributed by atoms with E-state index in [1.165, 1.54) is 12.1 Å². The maximum Gasteiger partial charge on any atom is 0.257 e. The fourth-order valence-electron chi connectivity index (χ4n) is 4.35. The summed E-state index contributed by atoms with van der Waals surface area (Å²) in [4.78, 5) is 17.7. The van der Waals surface area contributed by atoms with Gasteiger partial charge >= 0.3 is 0 Å². The Labute approximate surface area is 206 Å². The van der Waals surface area contributed by atoms with E-state index in [2.05, 4.69) is 24.1 Å². The van der Waals surface area contributed by atoms with Crippen LogP contribution in [0.5, 0.6) is 11.5 Å². The molecule has 4 rings (SSSR count). The zero-order valence-corrected chi connectivity index (χ0v) is 20.5. The van der Waals surface area contributed by atoms with Crippen LogP contribution in [0.25, 0.3) is 0 Å². The van der Waals surface area contributed by atoms with Crippen molar-refractivity contribution in [2.45, 2.75) is 26.6 Å². The molecule has 0 spiro atoms. The Hall–Kier alpha value is -3.58. The highest BCUT2D eigenvalue weighted by Crippen LogP contribution is 2.35. The van der Waals surface area contributed by atoms with E-state index in [9.17, 15) is 9.18 Å². The molecule has 0 bridgehead atoms. The number of amides is 1. The van der Waals surface area contributed by atoms with Crippen molar-refractivity contribution >= 4 is 11.6 Å². The van der Waals surface area contributed by atoms with Gasteiger partial charge in [0.15, 0.2) is 0 Å². The Morgan fingerprint density at radius 1 is 1.03 bits per heavy atom. The zero-order valence-electron chi connectivity index (χ0n) is 20.5. The number of likely N-dealkylation sites (N-methyl/N-ethyl adjacent to an activating group) is 1. The zero-order chi connectivity index (χ0) is 24.8. The summed E-state index contributed by atoms with van der Waals surface area (Å²) in [6.45, 7) is 7.75. The van der Waals surface area contributed by atoms with Crippen LogP contribution in [0.2, 0.25) is 0 Å². The number of halogens is 1. The van der Waals surface area contributed by atoms with Crippen molar-refractivity contribution in [3.05, 3.63) is 89.2 Å². The Morgan fingerprint density at radius 2 is 1.77 bits per heavy atom. The highest BCUT2D eigenvalue weighted by Gasteiger charge is 2.33. The topological polar surface area (TPSA) is 54.0 Å². The first kappa shape index (κ1) is 24.5. The number of hydrogen-bond donors (Lipinski definition) is 1. The van der Waals surface area contributed by atoms with Crippen LogP contribution in [0, 0.1) is 5.82 Å². The molecule has 1 N–H and O–H groups in total. The number of carbonyl (C=O) groups is 1. The Morgan fingerprint density at radius 3 is 2.49 bits per heavy atom. The van der Waals surface area contributed by atoms with E-state index < -0.39 is 0 Å². The van der Waals surface area contributed by atoms with Gasteiger partial charge in [0.05, 0.1) is 12.7 Å². The predicted octanol–water partition coefficient (Wildman–Crippen LogP) is 5.32. The van der Waals surface area contributed by atoms with Crippen molar-refractivity contribution in [3.63, 3.8) is 0 Å². The van der Waals surface area contributed by atoms with Crippen molar-refractivity contribution < 1.29 is 18.7 Å². The molecule has 184 valence electrons. The van der Waals surface area contributed by atoms with Gasteiger partial charge in [-0.25, -0.2) is 4.39 Å². The maximum absolute atomic E-state index is 13.5. The predicted molar refractivity (Wildman–Crippen MR) is 135 cm³/mol. The minimum Gasteiger partial charge on any atom is -0.496 e. The molecule has 0 saturated heterocycles. The minimum absolute atomic E-state index is 0.0106. The molecule has 1 atom stereocenters. The average Bonchev–Trinajstić information content (AvgIpc) is 2.89. The number of para-hydroxylation sites is 1. The molecular formula is C28H32FN3O3. The number of hydrogen-bond acceptors (Lipinski definition) is 5. The van der Waals surface area contributed by atoms with Crippen molar-refractivity contribution in [2.75, 3.05) is 38.6 Å². The number of ether oxygens (including phenoxy) is 2. The SMILES string of the molecule is CCN(CC)CCN1C(=O)c2ccccc2N[C@H]1c1ccc(OC)c(COc2ccc(F)cc2)c1. The molecule has 1 aliphatic heterocycles. The summed E-state index contributed by atoms with van der Waals surface area (Å²) >= 11 is 0. The van der Waals surface area contributed by atoms with E-state index in [4.69, 9.17) is 9.47 Å². The molecule has 0 saturated carbocycles. The summed E-state index contributed by atoms with van der Waals surface area (Å²) in [5, 5.41) is 3.56. The molecule has 0 unspecified atom stereocenters. The maximum atomic E-state index is 13.5. The first-order valence-corrected chi connectivity index (χ1v) is 12.0. The third kappa shape index (κ3) is 5.57. The molecule has 3 aromatic rings. The first-order chi connectivity index (χ1) is 17.0. The largest absolute Gasteiger partial charge is 0.496 e. The van der Waals surface area contributed by atoms with Crippen LogP contribution in [0.3, 0.4) is 0 Å². The van der Waals surface area contributed by atoms with E-state index in [0.717, 1.165) is 36.4 Å². The highest BCUT2D eigenvalue weighted by molar-refractivity contribution is 6.01. The standard InChI is InChI=1S/C28H32FN3O3/c1-4-31(5-2)16-17-32-27(30-25-9-7-6-8-24(25)28(32)33)20-10-15-26(34-3)21(18-20)19-35-23-13-11-22(29)12-14-23/h6-15,18,27,30H,4-5,16-17,19H2,1-3H3/t27-/m1/s1. The van der Waals surface area contributed by atoms with E-state index >= 15 is 0 Å². The third-order valence-electron chi connectivity index (χ3n) is 6.40. The second-order valence-corrected chi connectivity index (χ2v) is 8.43. The molecule has 1 aliphatic rings. The molecular weight excluding hydrogens is 445 g/mol. The van der Waals surface area contributed by atoms with Crippen molar-refractivity contribution in [2.24, 2.45) is 0 Å². The number of nitrogens with zero attached hydrogens (tertiary/aromatic N) is 2. The van der Waals surface area contributed by atoms with Crippen LogP contribution in [0.15, 0.2) is 66.7 Å². The molecule has 0 radical (unpaired) electrons. The number of anilines is 1. The van der Waals surface area contributed by atoms with Crippen LogP contribution >= 0.6 is 0 Å². The number of rotatable bonds is 10. The number of nitrogens with one attached hydrogen (secondary N) is 1. The van der Waals surface area contributed by atoms with Crippen molar-refractivity contribution in [3.8, 4) is 11.5 Å². The average molecular weight is 478 g/mol. The van der Waals surface area contributed by atoms with E-state index in [1.54, 1.807) is 19.2 Å². The van der Waals surface area contributed by atoms with Crippen LogP contribution < -0.4 is 14.8 Å². The van der Waals surface area contributed by atoms with E-state index in [1.807, 2.05) is 47.4 Å². The number of carbonyl (C=O) groups excluding carboxylic acids is 1. The van der Waals surface area contributed by atoms with Crippen LogP contribution in [-0.2, 0) is 6.61 Å². The van der Waals surface area contributed by atoms with Gasteiger partial charge in [-0.15, -0.1) is 0 Å². The van der Waals surface area contributed by atoms with Crippen LogP contribution in [-0.4, -0.2) is 49.0 Å². The lowest BCUT2D eigenvalue weighted by atomic mass is 10.0. The molecule has 35 heavy (non-hydrogen) atoms. The van der Waals surface area contributed by atoms with Gasteiger partial charge in [0, 0.05) is 24.3 Å². The molecule has 3 aromatic carbocycles. The normalized spacial score (nSPS) is 15.1. The lowest BCUT2D eigenvalue weighted by molar-refractivity contribution is 0.0660.